The van der Waals surface area contributed by atoms with Gasteiger partial charge in [-0.2, -0.15) is 0 Å². The Hall–Kier alpha value is -1.56. The molecule has 0 aliphatic carbocycles. The normalized spacial score (nSPS) is 10.8. The number of halogens is 1. The van der Waals surface area contributed by atoms with Gasteiger partial charge in [0, 0.05) is 23.6 Å². The molecule has 0 radical (unpaired) electrons. The van der Waals surface area contributed by atoms with Crippen molar-refractivity contribution in [3.8, 4) is 11.3 Å². The summed E-state index contributed by atoms with van der Waals surface area (Å²) in [5.41, 5.74) is 1.01. The predicted molar refractivity (Wildman–Crippen MR) is 98.9 cm³/mol. The number of quaternary nitrogens is 1. The topological polar surface area (TPSA) is 41.6 Å². The number of benzene rings is 1. The quantitative estimate of drug-likeness (QED) is 0.527. The first-order valence-electron chi connectivity index (χ1n) is 7.70. The molecule has 0 aliphatic heterocycles. The van der Waals surface area contributed by atoms with Crippen molar-refractivity contribution in [3.05, 3.63) is 47.2 Å². The molecule has 0 atom stereocenters. The molecule has 0 bridgehead atoms. The van der Waals surface area contributed by atoms with E-state index >= 15 is 0 Å². The Balaban J connectivity index is 1.76. The zero-order chi connectivity index (χ0) is 16.7. The number of furan rings is 1. The van der Waals surface area contributed by atoms with Crippen molar-refractivity contribution in [1.82, 2.24) is 10.6 Å². The maximum atomic E-state index is 5.90. The molecule has 4 nitrogen and oxygen atoms in total. The van der Waals surface area contributed by atoms with Crippen LogP contribution in [0.15, 0.2) is 40.8 Å². The maximum Gasteiger partial charge on any atom is 0.166 e. The second-order valence-corrected chi connectivity index (χ2v) is 6.54. The third-order valence-electron chi connectivity index (χ3n) is 3.35. The molecule has 0 aliphatic rings. The molecule has 1 aromatic carbocycles. The smallest absolute Gasteiger partial charge is 0.166 e. The molecule has 0 unspecified atom stereocenters. The molecule has 0 spiro atoms. The highest BCUT2D eigenvalue weighted by molar-refractivity contribution is 7.80. The van der Waals surface area contributed by atoms with Crippen LogP contribution in [0.5, 0.6) is 0 Å². The van der Waals surface area contributed by atoms with Gasteiger partial charge in [-0.25, -0.2) is 0 Å². The van der Waals surface area contributed by atoms with Gasteiger partial charge in [-0.05, 0) is 48.6 Å². The van der Waals surface area contributed by atoms with Gasteiger partial charge in [0.1, 0.15) is 11.5 Å². The van der Waals surface area contributed by atoms with E-state index in [-0.39, 0.29) is 0 Å². The van der Waals surface area contributed by atoms with E-state index in [1.807, 2.05) is 36.4 Å². The Labute approximate surface area is 147 Å². The first kappa shape index (κ1) is 17.8. The second-order valence-electron chi connectivity index (χ2n) is 5.69. The molecule has 0 fully saturated rings. The van der Waals surface area contributed by atoms with Gasteiger partial charge in [0.2, 0.25) is 0 Å². The van der Waals surface area contributed by atoms with Crippen molar-refractivity contribution in [2.75, 3.05) is 27.2 Å². The molecule has 0 saturated carbocycles. The third-order valence-corrected chi connectivity index (χ3v) is 3.89. The Morgan fingerprint density at radius 2 is 1.87 bits per heavy atom. The Bertz CT molecular complexity index is 625. The summed E-state index contributed by atoms with van der Waals surface area (Å²) >= 11 is 11.2. The van der Waals surface area contributed by atoms with E-state index in [1.165, 1.54) is 4.90 Å². The van der Waals surface area contributed by atoms with Crippen LogP contribution in [-0.2, 0) is 6.54 Å². The summed E-state index contributed by atoms with van der Waals surface area (Å²) in [5.74, 6) is 1.67. The molecule has 3 N–H and O–H groups in total. The summed E-state index contributed by atoms with van der Waals surface area (Å²) in [6.07, 6.45) is 1.09. The number of hydrogen-bond acceptors (Lipinski definition) is 2. The van der Waals surface area contributed by atoms with Crippen LogP contribution >= 0.6 is 23.8 Å². The van der Waals surface area contributed by atoms with Gasteiger partial charge in [0.25, 0.3) is 0 Å². The van der Waals surface area contributed by atoms with Gasteiger partial charge in [-0.15, -0.1) is 0 Å². The fourth-order valence-electron chi connectivity index (χ4n) is 2.12. The summed E-state index contributed by atoms with van der Waals surface area (Å²) in [7, 11) is 4.29. The van der Waals surface area contributed by atoms with Crippen LogP contribution in [0.4, 0.5) is 0 Å². The van der Waals surface area contributed by atoms with E-state index in [0.717, 1.165) is 41.6 Å². The lowest BCUT2D eigenvalue weighted by molar-refractivity contribution is -0.858. The maximum absolute atomic E-state index is 5.90. The summed E-state index contributed by atoms with van der Waals surface area (Å²) in [6.45, 7) is 2.57. The van der Waals surface area contributed by atoms with E-state index in [2.05, 4.69) is 24.7 Å². The molecule has 2 rings (SSSR count). The average Bonchev–Trinajstić information content (AvgIpc) is 2.99. The average molecular weight is 353 g/mol. The monoisotopic (exact) mass is 352 g/mol. The van der Waals surface area contributed by atoms with Crippen LogP contribution in [0, 0.1) is 0 Å². The third kappa shape index (κ3) is 6.22. The Kier molecular flexibility index (Phi) is 6.89. The van der Waals surface area contributed by atoms with Crippen LogP contribution in [-0.4, -0.2) is 32.3 Å². The Morgan fingerprint density at radius 3 is 2.57 bits per heavy atom. The summed E-state index contributed by atoms with van der Waals surface area (Å²) in [6, 6.07) is 11.5. The van der Waals surface area contributed by atoms with Crippen LogP contribution in [0.2, 0.25) is 5.02 Å². The van der Waals surface area contributed by atoms with Crippen molar-refractivity contribution in [1.29, 1.82) is 0 Å². The summed E-state index contributed by atoms with van der Waals surface area (Å²) < 4.78 is 5.82. The zero-order valence-electron chi connectivity index (χ0n) is 13.5. The summed E-state index contributed by atoms with van der Waals surface area (Å²) in [4.78, 5) is 1.44. The van der Waals surface area contributed by atoms with Gasteiger partial charge < -0.3 is 20.0 Å². The first-order chi connectivity index (χ1) is 11.0. The minimum absolute atomic E-state index is 0.568. The predicted octanol–water partition coefficient (Wildman–Crippen LogP) is 2.10. The van der Waals surface area contributed by atoms with Crippen molar-refractivity contribution in [3.63, 3.8) is 0 Å². The van der Waals surface area contributed by atoms with Crippen molar-refractivity contribution >= 4 is 28.9 Å². The molecule has 1 heterocycles. The zero-order valence-corrected chi connectivity index (χ0v) is 15.1. The largest absolute Gasteiger partial charge is 0.459 e. The highest BCUT2D eigenvalue weighted by atomic mass is 35.5. The van der Waals surface area contributed by atoms with Crippen molar-refractivity contribution in [2.24, 2.45) is 0 Å². The minimum atomic E-state index is 0.568. The molecular formula is C17H23ClN3OS+. The lowest BCUT2D eigenvalue weighted by atomic mass is 10.2. The number of rotatable bonds is 7. The highest BCUT2D eigenvalue weighted by Gasteiger charge is 2.05. The number of hydrogen-bond donors (Lipinski definition) is 3. The van der Waals surface area contributed by atoms with Crippen LogP contribution < -0.4 is 15.5 Å². The minimum Gasteiger partial charge on any atom is -0.459 e. The van der Waals surface area contributed by atoms with Gasteiger partial charge in [0.05, 0.1) is 27.2 Å². The summed E-state index contributed by atoms with van der Waals surface area (Å²) in [5, 5.41) is 7.74. The van der Waals surface area contributed by atoms with Gasteiger partial charge >= 0.3 is 0 Å². The van der Waals surface area contributed by atoms with E-state index in [4.69, 9.17) is 28.2 Å². The fraction of sp³-hybridized carbons (Fsp3) is 0.353. The molecule has 0 saturated heterocycles. The number of nitrogens with one attached hydrogen (secondary N) is 3. The fourth-order valence-corrected chi connectivity index (χ4v) is 2.42. The van der Waals surface area contributed by atoms with E-state index in [1.54, 1.807) is 0 Å². The van der Waals surface area contributed by atoms with Crippen molar-refractivity contribution < 1.29 is 9.32 Å². The lowest BCUT2D eigenvalue weighted by Gasteiger charge is -2.10. The molecule has 0 amide bonds. The molecule has 124 valence electrons. The molecule has 2 aromatic rings. The van der Waals surface area contributed by atoms with Crippen LogP contribution in [0.25, 0.3) is 11.3 Å². The Morgan fingerprint density at radius 1 is 1.13 bits per heavy atom. The highest BCUT2D eigenvalue weighted by Crippen LogP contribution is 2.23. The lowest BCUT2D eigenvalue weighted by Crippen LogP contribution is -3.05. The van der Waals surface area contributed by atoms with E-state index in [9.17, 15) is 0 Å². The van der Waals surface area contributed by atoms with Crippen LogP contribution in [0.1, 0.15) is 12.2 Å². The SMILES string of the molecule is C[NH+](C)CCCNC(=S)NCc1ccc(-c2ccc(Cl)cc2)o1. The van der Waals surface area contributed by atoms with Gasteiger partial charge in [-0.1, -0.05) is 11.6 Å². The molecule has 6 heteroatoms. The molecule has 1 aromatic heterocycles. The van der Waals surface area contributed by atoms with Gasteiger partial charge in [0.15, 0.2) is 5.11 Å². The van der Waals surface area contributed by atoms with Crippen LogP contribution in [0.3, 0.4) is 0 Å². The van der Waals surface area contributed by atoms with Gasteiger partial charge in [-0.3, -0.25) is 0 Å². The number of thiocarbonyl (C=S) groups is 1. The van der Waals surface area contributed by atoms with Crippen molar-refractivity contribution in [2.45, 2.75) is 13.0 Å². The van der Waals surface area contributed by atoms with E-state index in [0.29, 0.717) is 11.7 Å². The second kappa shape index (κ2) is 8.91. The first-order valence-corrected chi connectivity index (χ1v) is 8.48. The molecular weight excluding hydrogens is 330 g/mol. The molecule has 23 heavy (non-hydrogen) atoms. The standard InChI is InChI=1S/C17H22ClN3OS/c1-21(2)11-3-10-19-17(23)20-12-15-8-9-16(22-15)13-4-6-14(18)7-5-13/h4-9H,3,10-12H2,1-2H3,(H2,19,20,23)/p+1. The van der Waals surface area contributed by atoms with E-state index < -0.39 is 0 Å².